The number of hydrogen-bond donors (Lipinski definition) is 0. The summed E-state index contributed by atoms with van der Waals surface area (Å²) in [6.07, 6.45) is 0. The van der Waals surface area contributed by atoms with Gasteiger partial charge in [-0.15, -0.1) is 0 Å². The van der Waals surface area contributed by atoms with Crippen molar-refractivity contribution in [3.05, 3.63) is 60.2 Å². The molecule has 3 nitrogen and oxygen atoms in total. The maximum Gasteiger partial charge on any atom is 0.345 e. The first-order valence-corrected chi connectivity index (χ1v) is 5.11. The Bertz CT molecular complexity index is 515. The zero-order chi connectivity index (χ0) is 12.1. The van der Waals surface area contributed by atoms with Crippen LogP contribution in [0.1, 0.15) is 10.4 Å². The Hall–Kier alpha value is -2.42. The van der Waals surface area contributed by atoms with Crippen LogP contribution in [0.25, 0.3) is 11.1 Å². The molecule has 0 atom stereocenters. The average molecular weight is 226 g/mol. The minimum absolute atomic E-state index is 0.132. The topological polar surface area (TPSA) is 43.4 Å². The fourth-order valence-corrected chi connectivity index (χ4v) is 1.54. The Morgan fingerprint density at radius 1 is 0.882 bits per heavy atom. The molecule has 0 unspecified atom stereocenters. The molecule has 0 aliphatic rings. The summed E-state index contributed by atoms with van der Waals surface area (Å²) in [4.78, 5) is 21.3. The third kappa shape index (κ3) is 2.58. The minimum atomic E-state index is -0.639. The highest BCUT2D eigenvalue weighted by atomic mass is 16.6. The Kier molecular flexibility index (Phi) is 3.31. The van der Waals surface area contributed by atoms with E-state index >= 15 is 0 Å². The van der Waals surface area contributed by atoms with Crippen LogP contribution in [0.5, 0.6) is 0 Å². The number of benzene rings is 2. The number of carbonyl (C=O) groups excluding carboxylic acids is 2. The van der Waals surface area contributed by atoms with Gasteiger partial charge in [0.1, 0.15) is 0 Å². The molecule has 0 radical (unpaired) electrons. The van der Waals surface area contributed by atoms with Crippen molar-refractivity contribution in [3.8, 4) is 11.1 Å². The average Bonchev–Trinajstić information content (AvgIpc) is 2.40. The summed E-state index contributed by atoms with van der Waals surface area (Å²) in [6, 6.07) is 16.7. The molecule has 2 aromatic rings. The van der Waals surface area contributed by atoms with Gasteiger partial charge in [-0.25, -0.2) is 4.79 Å². The van der Waals surface area contributed by atoms with Crippen LogP contribution >= 0.6 is 0 Å². The number of esters is 1. The number of hydrogen-bond acceptors (Lipinski definition) is 3. The zero-order valence-corrected chi connectivity index (χ0v) is 9.00. The molecule has 2 rings (SSSR count). The van der Waals surface area contributed by atoms with E-state index in [0.29, 0.717) is 5.56 Å². The van der Waals surface area contributed by atoms with Gasteiger partial charge in [0.25, 0.3) is 0 Å². The Labute approximate surface area is 98.7 Å². The Morgan fingerprint density at radius 3 is 2.06 bits per heavy atom. The van der Waals surface area contributed by atoms with Crippen LogP contribution in [0.3, 0.4) is 0 Å². The first-order valence-electron chi connectivity index (χ1n) is 5.11. The predicted molar refractivity (Wildman–Crippen MR) is 63.4 cm³/mol. The second kappa shape index (κ2) is 5.07. The highest BCUT2D eigenvalue weighted by molar-refractivity contribution is 5.93. The van der Waals surface area contributed by atoms with Crippen LogP contribution in [-0.4, -0.2) is 12.4 Å². The fourth-order valence-electron chi connectivity index (χ4n) is 1.54. The Morgan fingerprint density at radius 2 is 1.47 bits per heavy atom. The molecule has 0 heterocycles. The van der Waals surface area contributed by atoms with Crippen molar-refractivity contribution in [1.82, 2.24) is 0 Å². The van der Waals surface area contributed by atoms with Gasteiger partial charge in [-0.05, 0) is 23.3 Å². The van der Waals surface area contributed by atoms with Gasteiger partial charge in [-0.2, -0.15) is 0 Å². The van der Waals surface area contributed by atoms with Gasteiger partial charge in [0, 0.05) is 0 Å². The Balaban J connectivity index is 2.24. The van der Waals surface area contributed by atoms with Crippen molar-refractivity contribution in [2.24, 2.45) is 0 Å². The summed E-state index contributed by atoms with van der Waals surface area (Å²) in [5.74, 6) is -0.639. The van der Waals surface area contributed by atoms with E-state index in [1.54, 1.807) is 12.1 Å². The molecule has 0 aliphatic heterocycles. The van der Waals surface area contributed by atoms with Crippen molar-refractivity contribution >= 4 is 12.4 Å². The van der Waals surface area contributed by atoms with E-state index < -0.39 is 5.97 Å². The molecule has 0 aliphatic carbocycles. The molecule has 0 N–H and O–H groups in total. The normalized spacial score (nSPS) is 9.65. The quantitative estimate of drug-likeness (QED) is 0.459. The summed E-state index contributed by atoms with van der Waals surface area (Å²) in [7, 11) is 0. The van der Waals surface area contributed by atoms with Gasteiger partial charge in [0.05, 0.1) is 5.56 Å². The molecule has 0 bridgehead atoms. The van der Waals surface area contributed by atoms with Gasteiger partial charge in [0.15, 0.2) is 0 Å². The molecule has 3 heteroatoms. The van der Waals surface area contributed by atoms with Crippen LogP contribution in [0.15, 0.2) is 54.6 Å². The summed E-state index contributed by atoms with van der Waals surface area (Å²) in [6.45, 7) is 0.132. The maximum absolute atomic E-state index is 11.2. The molecule has 0 fully saturated rings. The van der Waals surface area contributed by atoms with E-state index in [2.05, 4.69) is 4.74 Å². The molecule has 0 spiro atoms. The summed E-state index contributed by atoms with van der Waals surface area (Å²) < 4.78 is 4.25. The summed E-state index contributed by atoms with van der Waals surface area (Å²) in [5, 5.41) is 0. The molecule has 17 heavy (non-hydrogen) atoms. The van der Waals surface area contributed by atoms with Gasteiger partial charge >= 0.3 is 12.4 Å². The van der Waals surface area contributed by atoms with Gasteiger partial charge in [0.2, 0.25) is 0 Å². The van der Waals surface area contributed by atoms with Gasteiger partial charge in [-0.3, -0.25) is 4.79 Å². The lowest BCUT2D eigenvalue weighted by atomic mass is 10.0. The highest BCUT2D eigenvalue weighted by Crippen LogP contribution is 2.19. The van der Waals surface area contributed by atoms with Crippen molar-refractivity contribution in [2.45, 2.75) is 0 Å². The number of rotatable bonds is 3. The summed E-state index contributed by atoms with van der Waals surface area (Å²) in [5.41, 5.74) is 2.44. The second-order valence-corrected chi connectivity index (χ2v) is 3.44. The monoisotopic (exact) mass is 226 g/mol. The fraction of sp³-hybridized carbons (Fsp3) is 0. The van der Waals surface area contributed by atoms with Crippen molar-refractivity contribution in [3.63, 3.8) is 0 Å². The molecular weight excluding hydrogens is 216 g/mol. The van der Waals surface area contributed by atoms with Crippen molar-refractivity contribution in [1.29, 1.82) is 0 Å². The third-order valence-corrected chi connectivity index (χ3v) is 2.38. The van der Waals surface area contributed by atoms with E-state index in [4.69, 9.17) is 0 Å². The molecule has 0 saturated heterocycles. The first kappa shape index (κ1) is 11.1. The predicted octanol–water partition coefficient (Wildman–Crippen LogP) is 2.67. The largest absolute Gasteiger partial charge is 0.392 e. The summed E-state index contributed by atoms with van der Waals surface area (Å²) >= 11 is 0. The minimum Gasteiger partial charge on any atom is -0.392 e. The lowest BCUT2D eigenvalue weighted by Gasteiger charge is -2.02. The zero-order valence-electron chi connectivity index (χ0n) is 9.00. The SMILES string of the molecule is O=COC(=O)c1ccc(-c2ccccc2)cc1. The standard InChI is InChI=1S/C14H10O3/c15-10-17-14(16)13-8-6-12(7-9-13)11-4-2-1-3-5-11/h1-10H. The lowest BCUT2D eigenvalue weighted by molar-refractivity contribution is -0.123. The van der Waals surface area contributed by atoms with Crippen LogP contribution in [-0.2, 0) is 9.53 Å². The highest BCUT2D eigenvalue weighted by Gasteiger charge is 2.06. The maximum atomic E-state index is 11.2. The van der Waals surface area contributed by atoms with Crippen molar-refractivity contribution < 1.29 is 14.3 Å². The van der Waals surface area contributed by atoms with Gasteiger partial charge in [-0.1, -0.05) is 42.5 Å². The lowest BCUT2D eigenvalue weighted by Crippen LogP contribution is -2.02. The van der Waals surface area contributed by atoms with Gasteiger partial charge < -0.3 is 4.74 Å². The molecule has 84 valence electrons. The second-order valence-electron chi connectivity index (χ2n) is 3.44. The van der Waals surface area contributed by atoms with E-state index in [-0.39, 0.29) is 6.47 Å². The van der Waals surface area contributed by atoms with E-state index in [1.165, 1.54) is 0 Å². The van der Waals surface area contributed by atoms with Crippen LogP contribution in [0.4, 0.5) is 0 Å². The molecular formula is C14H10O3. The number of ether oxygens (including phenoxy) is 1. The van der Waals surface area contributed by atoms with E-state index in [1.807, 2.05) is 42.5 Å². The number of carbonyl (C=O) groups is 2. The van der Waals surface area contributed by atoms with Crippen molar-refractivity contribution in [2.75, 3.05) is 0 Å². The molecule has 0 amide bonds. The third-order valence-electron chi connectivity index (χ3n) is 2.38. The van der Waals surface area contributed by atoms with Crippen LogP contribution in [0.2, 0.25) is 0 Å². The smallest absolute Gasteiger partial charge is 0.345 e. The van der Waals surface area contributed by atoms with Crippen LogP contribution < -0.4 is 0 Å². The van der Waals surface area contributed by atoms with Crippen LogP contribution in [0, 0.1) is 0 Å². The molecule has 0 saturated carbocycles. The van der Waals surface area contributed by atoms with E-state index in [9.17, 15) is 9.59 Å². The van der Waals surface area contributed by atoms with E-state index in [0.717, 1.165) is 11.1 Å². The molecule has 0 aromatic heterocycles. The first-order chi connectivity index (χ1) is 8.31. The molecule has 2 aromatic carbocycles.